The van der Waals surface area contributed by atoms with E-state index in [9.17, 15) is 0 Å². The lowest BCUT2D eigenvalue weighted by atomic mass is 10.0. The van der Waals surface area contributed by atoms with Crippen molar-refractivity contribution >= 4 is 0 Å². The van der Waals surface area contributed by atoms with Crippen molar-refractivity contribution in [3.63, 3.8) is 0 Å². The number of rotatable bonds is 4. The first-order chi connectivity index (χ1) is 8.33. The van der Waals surface area contributed by atoms with Crippen LogP contribution >= 0.6 is 0 Å². The molecule has 94 valence electrons. The Hall–Kier alpha value is -0.930. The van der Waals surface area contributed by atoms with Crippen molar-refractivity contribution in [3.05, 3.63) is 29.6 Å². The van der Waals surface area contributed by atoms with Crippen LogP contribution in [0.4, 0.5) is 0 Å². The smallest absolute Gasteiger partial charge is 0.0575 e. The molecule has 2 heterocycles. The van der Waals surface area contributed by atoms with Crippen LogP contribution in [0.25, 0.3) is 0 Å². The highest BCUT2D eigenvalue weighted by Crippen LogP contribution is 2.15. The van der Waals surface area contributed by atoms with Crippen molar-refractivity contribution < 1.29 is 0 Å². The molecule has 2 rings (SSSR count). The average molecular weight is 233 g/mol. The highest BCUT2D eigenvalue weighted by Gasteiger charge is 2.18. The minimum Gasteiger partial charge on any atom is -0.317 e. The van der Waals surface area contributed by atoms with E-state index in [0.717, 1.165) is 13.0 Å². The van der Waals surface area contributed by atoms with Crippen LogP contribution in [0.5, 0.6) is 0 Å². The van der Waals surface area contributed by atoms with Gasteiger partial charge in [0.2, 0.25) is 0 Å². The van der Waals surface area contributed by atoms with E-state index in [1.807, 2.05) is 12.3 Å². The van der Waals surface area contributed by atoms with E-state index in [2.05, 4.69) is 35.2 Å². The normalized spacial score (nSPS) is 18.5. The van der Waals surface area contributed by atoms with E-state index in [1.54, 1.807) is 0 Å². The molecule has 0 unspecified atom stereocenters. The van der Waals surface area contributed by atoms with Crippen molar-refractivity contribution in [2.75, 3.05) is 20.1 Å². The molecule has 0 aliphatic carbocycles. The molecular formula is C14H23N3. The molecule has 1 aliphatic heterocycles. The molecule has 17 heavy (non-hydrogen) atoms. The van der Waals surface area contributed by atoms with Crippen LogP contribution in [0.2, 0.25) is 0 Å². The molecule has 1 aromatic rings. The van der Waals surface area contributed by atoms with Gasteiger partial charge < -0.3 is 5.32 Å². The Balaban J connectivity index is 1.93. The SMILES string of the molecule is CCc1cccnc1CN1CCC(NC)CC1. The zero-order chi connectivity index (χ0) is 12.1. The fraction of sp³-hybridized carbons (Fsp3) is 0.643. The summed E-state index contributed by atoms with van der Waals surface area (Å²) in [6, 6.07) is 4.94. The monoisotopic (exact) mass is 233 g/mol. The Bertz CT molecular complexity index is 343. The van der Waals surface area contributed by atoms with E-state index >= 15 is 0 Å². The second kappa shape index (κ2) is 6.12. The standard InChI is InChI=1S/C14H23N3/c1-3-12-5-4-8-16-14(12)11-17-9-6-13(15-2)7-10-17/h4-5,8,13,15H,3,6-7,9-11H2,1-2H3. The number of hydrogen-bond acceptors (Lipinski definition) is 3. The number of likely N-dealkylation sites (tertiary alicyclic amines) is 1. The molecule has 0 spiro atoms. The Labute approximate surface area is 104 Å². The molecule has 1 N–H and O–H groups in total. The maximum absolute atomic E-state index is 4.53. The molecule has 1 fully saturated rings. The van der Waals surface area contributed by atoms with Crippen LogP contribution in [-0.4, -0.2) is 36.1 Å². The number of piperidine rings is 1. The first kappa shape index (κ1) is 12.5. The van der Waals surface area contributed by atoms with Crippen molar-refractivity contribution in [2.45, 2.75) is 38.8 Å². The van der Waals surface area contributed by atoms with E-state index < -0.39 is 0 Å². The fourth-order valence-corrected chi connectivity index (χ4v) is 2.53. The number of aromatic nitrogens is 1. The van der Waals surface area contributed by atoms with Gasteiger partial charge in [-0.3, -0.25) is 9.88 Å². The lowest BCUT2D eigenvalue weighted by Gasteiger charge is -2.31. The Morgan fingerprint density at radius 1 is 1.41 bits per heavy atom. The van der Waals surface area contributed by atoms with Crippen molar-refractivity contribution in [1.82, 2.24) is 15.2 Å². The summed E-state index contributed by atoms with van der Waals surface area (Å²) < 4.78 is 0. The zero-order valence-electron chi connectivity index (χ0n) is 10.9. The molecule has 1 aromatic heterocycles. The number of hydrogen-bond donors (Lipinski definition) is 1. The Kier molecular flexibility index (Phi) is 4.51. The van der Waals surface area contributed by atoms with Gasteiger partial charge in [0.1, 0.15) is 0 Å². The summed E-state index contributed by atoms with van der Waals surface area (Å²) >= 11 is 0. The van der Waals surface area contributed by atoms with Crippen LogP contribution in [0.3, 0.4) is 0 Å². The molecule has 1 aliphatic rings. The lowest BCUT2D eigenvalue weighted by molar-refractivity contribution is 0.192. The number of pyridine rings is 1. The molecule has 3 nitrogen and oxygen atoms in total. The minimum atomic E-state index is 0.709. The van der Waals surface area contributed by atoms with Gasteiger partial charge in [-0.1, -0.05) is 13.0 Å². The van der Waals surface area contributed by atoms with Gasteiger partial charge in [-0.2, -0.15) is 0 Å². The summed E-state index contributed by atoms with van der Waals surface area (Å²) in [5.41, 5.74) is 2.65. The van der Waals surface area contributed by atoms with Gasteiger partial charge in [-0.25, -0.2) is 0 Å². The third kappa shape index (κ3) is 3.27. The van der Waals surface area contributed by atoms with Crippen LogP contribution in [0.15, 0.2) is 18.3 Å². The third-order valence-corrected chi connectivity index (χ3v) is 3.73. The summed E-state index contributed by atoms with van der Waals surface area (Å²) in [5.74, 6) is 0. The van der Waals surface area contributed by atoms with E-state index in [1.165, 1.54) is 37.2 Å². The first-order valence-corrected chi connectivity index (χ1v) is 6.66. The quantitative estimate of drug-likeness (QED) is 0.860. The van der Waals surface area contributed by atoms with Crippen molar-refractivity contribution in [3.8, 4) is 0 Å². The molecule has 3 heteroatoms. The number of nitrogens with one attached hydrogen (secondary N) is 1. The number of nitrogens with zero attached hydrogens (tertiary/aromatic N) is 2. The lowest BCUT2D eigenvalue weighted by Crippen LogP contribution is -2.40. The average Bonchev–Trinajstić information content (AvgIpc) is 2.40. The largest absolute Gasteiger partial charge is 0.317 e. The molecule has 0 saturated carbocycles. The van der Waals surface area contributed by atoms with Gasteiger partial charge >= 0.3 is 0 Å². The first-order valence-electron chi connectivity index (χ1n) is 6.66. The molecule has 0 radical (unpaired) electrons. The maximum atomic E-state index is 4.53. The molecule has 0 bridgehead atoms. The highest BCUT2D eigenvalue weighted by atomic mass is 15.1. The predicted octanol–water partition coefficient (Wildman–Crippen LogP) is 1.83. The molecule has 0 amide bonds. The van der Waals surface area contributed by atoms with Gasteiger partial charge in [0, 0.05) is 31.9 Å². The van der Waals surface area contributed by atoms with Gasteiger partial charge in [-0.05, 0) is 37.9 Å². The molecule has 1 saturated heterocycles. The maximum Gasteiger partial charge on any atom is 0.0575 e. The van der Waals surface area contributed by atoms with Crippen molar-refractivity contribution in [1.29, 1.82) is 0 Å². The number of aryl methyl sites for hydroxylation is 1. The second-order valence-electron chi connectivity index (χ2n) is 4.80. The van der Waals surface area contributed by atoms with E-state index in [0.29, 0.717) is 6.04 Å². The van der Waals surface area contributed by atoms with E-state index in [4.69, 9.17) is 0 Å². The topological polar surface area (TPSA) is 28.2 Å². The molecular weight excluding hydrogens is 210 g/mol. The van der Waals surface area contributed by atoms with Crippen molar-refractivity contribution in [2.24, 2.45) is 0 Å². The summed E-state index contributed by atoms with van der Waals surface area (Å²) in [4.78, 5) is 7.05. The zero-order valence-corrected chi connectivity index (χ0v) is 10.9. The van der Waals surface area contributed by atoms with Gasteiger partial charge in [0.05, 0.1) is 5.69 Å². The summed E-state index contributed by atoms with van der Waals surface area (Å²) in [5, 5.41) is 3.37. The van der Waals surface area contributed by atoms with Gasteiger partial charge in [-0.15, -0.1) is 0 Å². The third-order valence-electron chi connectivity index (χ3n) is 3.73. The Morgan fingerprint density at radius 3 is 2.82 bits per heavy atom. The fourth-order valence-electron chi connectivity index (χ4n) is 2.53. The second-order valence-corrected chi connectivity index (χ2v) is 4.80. The highest BCUT2D eigenvalue weighted by molar-refractivity contribution is 5.19. The molecule has 0 atom stereocenters. The summed E-state index contributed by atoms with van der Waals surface area (Å²) in [6.45, 7) is 5.59. The minimum absolute atomic E-state index is 0.709. The van der Waals surface area contributed by atoms with Crippen LogP contribution in [-0.2, 0) is 13.0 Å². The predicted molar refractivity (Wildman–Crippen MR) is 71.0 cm³/mol. The summed E-state index contributed by atoms with van der Waals surface area (Å²) in [6.07, 6.45) is 5.50. The molecule has 0 aromatic carbocycles. The van der Waals surface area contributed by atoms with Crippen LogP contribution in [0, 0.1) is 0 Å². The van der Waals surface area contributed by atoms with Gasteiger partial charge in [0.15, 0.2) is 0 Å². The van der Waals surface area contributed by atoms with Crippen LogP contribution < -0.4 is 5.32 Å². The van der Waals surface area contributed by atoms with E-state index in [-0.39, 0.29) is 0 Å². The Morgan fingerprint density at radius 2 is 2.18 bits per heavy atom. The summed E-state index contributed by atoms with van der Waals surface area (Å²) in [7, 11) is 2.06. The van der Waals surface area contributed by atoms with Gasteiger partial charge in [0.25, 0.3) is 0 Å². The van der Waals surface area contributed by atoms with Crippen LogP contribution in [0.1, 0.15) is 31.0 Å².